The van der Waals surface area contributed by atoms with Crippen LogP contribution in [0, 0.1) is 5.41 Å². The number of nitrogens with zero attached hydrogens (tertiary/aromatic N) is 3. The van der Waals surface area contributed by atoms with Crippen LogP contribution in [0.25, 0.3) is 0 Å². The van der Waals surface area contributed by atoms with Crippen LogP contribution >= 0.6 is 24.2 Å². The van der Waals surface area contributed by atoms with Crippen LogP contribution in [0.2, 0.25) is 0 Å². The Morgan fingerprint density at radius 1 is 1.59 bits per heavy atom. The van der Waals surface area contributed by atoms with Crippen molar-refractivity contribution >= 4 is 35.2 Å². The second-order valence-electron chi connectivity index (χ2n) is 3.83. The van der Waals surface area contributed by atoms with Gasteiger partial charge in [0, 0.05) is 0 Å². The standard InChI is InChI=1S/C8H10N4O3S.ClH/c1-8(2)7(14)16-4-6(13)12(8)11-3-5(9)15-10-11;/h3,9H,4H2,1-2H3;1H. The van der Waals surface area contributed by atoms with Crippen LogP contribution in [-0.4, -0.2) is 22.3 Å². The minimum absolute atomic E-state index is 0. The molecule has 1 N–H and O–H groups in total. The zero-order valence-electron chi connectivity index (χ0n) is 9.17. The number of thioether (sulfide) groups is 1. The Bertz CT molecular complexity index is 509. The quantitative estimate of drug-likeness (QED) is 0.661. The minimum atomic E-state index is -0.992. The molecule has 0 radical (unpaired) electrons. The van der Waals surface area contributed by atoms with Gasteiger partial charge in [-0.05, 0) is 19.1 Å². The van der Waals surface area contributed by atoms with Gasteiger partial charge < -0.3 is 4.52 Å². The number of hydrogen-bond donors (Lipinski definition) is 1. The largest absolute Gasteiger partial charge is 0.380 e. The van der Waals surface area contributed by atoms with Gasteiger partial charge in [0.15, 0.2) is 5.12 Å². The van der Waals surface area contributed by atoms with Crippen molar-refractivity contribution in [3.63, 3.8) is 0 Å². The van der Waals surface area contributed by atoms with Gasteiger partial charge in [-0.1, -0.05) is 16.6 Å². The topological polar surface area (TPSA) is 92.4 Å². The van der Waals surface area contributed by atoms with Gasteiger partial charge in [0.25, 0.3) is 11.8 Å². The number of rotatable bonds is 1. The van der Waals surface area contributed by atoms with E-state index in [0.717, 1.165) is 16.6 Å². The first-order chi connectivity index (χ1) is 7.43. The molecule has 17 heavy (non-hydrogen) atoms. The van der Waals surface area contributed by atoms with E-state index in [4.69, 9.17) is 5.41 Å². The Labute approximate surface area is 107 Å². The van der Waals surface area contributed by atoms with Gasteiger partial charge in [-0.15, -0.1) is 12.4 Å². The van der Waals surface area contributed by atoms with Gasteiger partial charge in [0.05, 0.1) is 11.3 Å². The Morgan fingerprint density at radius 3 is 2.76 bits per heavy atom. The average molecular weight is 279 g/mol. The molecule has 94 valence electrons. The molecule has 1 saturated heterocycles. The van der Waals surface area contributed by atoms with E-state index in [9.17, 15) is 9.59 Å². The molecule has 0 atom stereocenters. The Kier molecular flexibility index (Phi) is 3.68. The van der Waals surface area contributed by atoms with Crippen LogP contribution in [0.3, 0.4) is 0 Å². The predicted molar refractivity (Wildman–Crippen MR) is 60.1 cm³/mol. The third kappa shape index (κ3) is 2.22. The fourth-order valence-electron chi connectivity index (χ4n) is 1.47. The summed E-state index contributed by atoms with van der Waals surface area (Å²) in [7, 11) is 0. The molecule has 1 aromatic heterocycles. The summed E-state index contributed by atoms with van der Waals surface area (Å²) in [6.07, 6.45) is 1.24. The van der Waals surface area contributed by atoms with E-state index in [-0.39, 0.29) is 34.7 Å². The zero-order chi connectivity index (χ0) is 11.9. The second kappa shape index (κ2) is 4.53. The first-order valence-electron chi connectivity index (χ1n) is 4.54. The first kappa shape index (κ1) is 13.8. The van der Waals surface area contributed by atoms with E-state index in [1.165, 1.54) is 11.2 Å². The van der Waals surface area contributed by atoms with E-state index in [1.54, 1.807) is 13.8 Å². The number of aromatic nitrogens is 2. The summed E-state index contributed by atoms with van der Waals surface area (Å²) in [5.74, 6) is -0.164. The highest BCUT2D eigenvalue weighted by Crippen LogP contribution is 2.24. The van der Waals surface area contributed by atoms with Crippen molar-refractivity contribution in [2.45, 2.75) is 19.4 Å². The van der Waals surface area contributed by atoms with Crippen molar-refractivity contribution in [1.82, 2.24) is 5.27 Å². The van der Waals surface area contributed by atoms with Gasteiger partial charge >= 0.3 is 0 Å². The van der Waals surface area contributed by atoms with Crippen LogP contribution in [0.4, 0.5) is 0 Å². The zero-order valence-corrected chi connectivity index (χ0v) is 10.8. The molecule has 2 rings (SSSR count). The van der Waals surface area contributed by atoms with Crippen LogP contribution < -0.4 is 20.6 Å². The maximum atomic E-state index is 11.8. The van der Waals surface area contributed by atoms with Gasteiger partial charge in [-0.25, -0.2) is 0 Å². The molecular formula is C8H11ClN4O3S. The maximum Gasteiger partial charge on any atom is 0.286 e. The van der Waals surface area contributed by atoms with Crippen LogP contribution in [0.15, 0.2) is 10.7 Å². The van der Waals surface area contributed by atoms with Crippen LogP contribution in [-0.2, 0) is 9.59 Å². The minimum Gasteiger partial charge on any atom is -0.380 e. The van der Waals surface area contributed by atoms with Crippen molar-refractivity contribution in [1.29, 1.82) is 5.41 Å². The third-order valence-corrected chi connectivity index (χ3v) is 3.41. The third-order valence-electron chi connectivity index (χ3n) is 2.25. The summed E-state index contributed by atoms with van der Waals surface area (Å²) in [4.78, 5) is 24.6. The van der Waals surface area contributed by atoms with Crippen LogP contribution in [0.5, 0.6) is 0 Å². The van der Waals surface area contributed by atoms with E-state index >= 15 is 0 Å². The summed E-state index contributed by atoms with van der Waals surface area (Å²) in [5, 5.41) is 11.8. The van der Waals surface area contributed by atoms with Gasteiger partial charge in [-0.3, -0.25) is 15.0 Å². The summed E-state index contributed by atoms with van der Waals surface area (Å²) >= 11 is 0.990. The highest BCUT2D eigenvalue weighted by Gasteiger charge is 2.43. The Morgan fingerprint density at radius 2 is 2.24 bits per heavy atom. The molecule has 1 aromatic rings. The summed E-state index contributed by atoms with van der Waals surface area (Å²) in [5.41, 5.74) is -1.16. The monoisotopic (exact) mass is 278 g/mol. The number of nitrogens with one attached hydrogen (secondary N) is 1. The number of hydrogen-bond acceptors (Lipinski definition) is 5. The molecule has 7 nitrogen and oxygen atoms in total. The Balaban J connectivity index is 0.00000144. The molecule has 0 saturated carbocycles. The number of carbonyl (C=O) groups excluding carboxylic acids is 2. The smallest absolute Gasteiger partial charge is 0.286 e. The SMILES string of the molecule is CC1(C)C(=O)SCC(=O)N1[n+]1cc(=N)o[n-]1.Cl. The molecule has 0 aliphatic carbocycles. The van der Waals surface area contributed by atoms with E-state index in [1.807, 2.05) is 0 Å². The first-order valence-corrected chi connectivity index (χ1v) is 5.52. The molecule has 9 heteroatoms. The lowest BCUT2D eigenvalue weighted by molar-refractivity contribution is -0.759. The Hall–Kier alpha value is -1.28. The van der Waals surface area contributed by atoms with E-state index in [2.05, 4.69) is 9.79 Å². The second-order valence-corrected chi connectivity index (χ2v) is 4.78. The molecule has 0 aromatic carbocycles. The highest BCUT2D eigenvalue weighted by atomic mass is 35.5. The van der Waals surface area contributed by atoms with Crippen molar-refractivity contribution < 1.29 is 18.9 Å². The lowest BCUT2D eigenvalue weighted by atomic mass is 10.1. The van der Waals surface area contributed by atoms with Gasteiger partial charge in [0.2, 0.25) is 5.91 Å². The molecule has 0 bridgehead atoms. The predicted octanol–water partition coefficient (Wildman–Crippen LogP) is -1.06. The molecule has 0 unspecified atom stereocenters. The molecule has 1 aliphatic rings. The van der Waals surface area contributed by atoms with E-state index < -0.39 is 5.54 Å². The summed E-state index contributed by atoms with van der Waals surface area (Å²) in [6, 6.07) is 0. The fourth-order valence-corrected chi connectivity index (χ4v) is 2.28. The summed E-state index contributed by atoms with van der Waals surface area (Å²) < 4.78 is 4.56. The summed E-state index contributed by atoms with van der Waals surface area (Å²) in [6.45, 7) is 3.26. The normalized spacial score (nSPS) is 19.1. The number of carbonyl (C=O) groups is 2. The number of halogens is 1. The van der Waals surface area contributed by atoms with Gasteiger partial charge in [-0.2, -0.15) is 5.01 Å². The molecule has 0 spiro atoms. The average Bonchev–Trinajstić information content (AvgIpc) is 2.59. The lowest BCUT2D eigenvalue weighted by Crippen LogP contribution is -2.75. The van der Waals surface area contributed by atoms with E-state index in [0.29, 0.717) is 0 Å². The number of amides is 1. The molecule has 1 fully saturated rings. The fraction of sp³-hybridized carbons (Fsp3) is 0.500. The molecule has 2 heterocycles. The van der Waals surface area contributed by atoms with Crippen LogP contribution in [0.1, 0.15) is 13.8 Å². The maximum absolute atomic E-state index is 11.8. The lowest BCUT2D eigenvalue weighted by Gasteiger charge is -2.38. The van der Waals surface area contributed by atoms with Crippen molar-refractivity contribution in [2.24, 2.45) is 0 Å². The van der Waals surface area contributed by atoms with Crippen molar-refractivity contribution in [2.75, 3.05) is 10.8 Å². The van der Waals surface area contributed by atoms with Crippen molar-refractivity contribution in [3.05, 3.63) is 11.8 Å². The van der Waals surface area contributed by atoms with Gasteiger partial charge in [0.1, 0.15) is 0 Å². The van der Waals surface area contributed by atoms with Crippen molar-refractivity contribution in [3.8, 4) is 0 Å². The molecular weight excluding hydrogens is 268 g/mol. The molecule has 1 aliphatic heterocycles. The molecule has 1 amide bonds. The highest BCUT2D eigenvalue weighted by molar-refractivity contribution is 8.14.